The average molecular weight is 679 g/mol. The van der Waals surface area contributed by atoms with Gasteiger partial charge in [0.25, 0.3) is 5.56 Å². The van der Waals surface area contributed by atoms with Crippen molar-refractivity contribution in [1.29, 1.82) is 0 Å². The number of hydrogen-bond donors (Lipinski definition) is 2. The molecule has 2 N–H and O–H groups in total. The molecule has 1 fully saturated rings. The number of anilines is 1. The van der Waals surface area contributed by atoms with Gasteiger partial charge in [-0.25, -0.2) is 4.79 Å². The Balaban J connectivity index is 1.40. The molecule has 2 aromatic heterocycles. The van der Waals surface area contributed by atoms with Crippen molar-refractivity contribution < 1.29 is 9.84 Å². The largest absolute Gasteiger partial charge is 0.488 e. The minimum atomic E-state index is -0.651. The summed E-state index contributed by atoms with van der Waals surface area (Å²) in [5.74, 6) is 1.35. The Kier molecular flexibility index (Phi) is 8.41. The lowest BCUT2D eigenvalue weighted by Gasteiger charge is -2.36. The Morgan fingerprint density at radius 2 is 1.80 bits per heavy atom. The molecule has 0 saturated carbocycles. The summed E-state index contributed by atoms with van der Waals surface area (Å²) in [7, 11) is 1.61. The van der Waals surface area contributed by atoms with E-state index >= 15 is 0 Å². The monoisotopic (exact) mass is 676 g/mol. The van der Waals surface area contributed by atoms with Crippen LogP contribution in [0.3, 0.4) is 0 Å². The van der Waals surface area contributed by atoms with Crippen LogP contribution in [0, 0.1) is 0 Å². The van der Waals surface area contributed by atoms with Crippen molar-refractivity contribution >= 4 is 64.9 Å². The first-order valence-electron chi connectivity index (χ1n) is 11.3. The van der Waals surface area contributed by atoms with Gasteiger partial charge in [-0.15, -0.1) is 0 Å². The maximum Gasteiger partial charge on any atom is 0.329 e. The molecule has 4 rings (SSSR count). The van der Waals surface area contributed by atoms with Crippen LogP contribution in [-0.4, -0.2) is 74.5 Å². The quantitative estimate of drug-likeness (QED) is 0.377. The molecular weight excluding hydrogens is 652 g/mol. The summed E-state index contributed by atoms with van der Waals surface area (Å²) >= 11 is 10.4. The number of halogens is 3. The van der Waals surface area contributed by atoms with E-state index in [2.05, 4.69) is 67.6 Å². The van der Waals surface area contributed by atoms with Crippen LogP contribution in [-0.2, 0) is 13.6 Å². The second-order valence-electron chi connectivity index (χ2n) is 8.50. The number of H-pyrrole nitrogens is 1. The highest BCUT2D eigenvalue weighted by molar-refractivity contribution is 9.11. The summed E-state index contributed by atoms with van der Waals surface area (Å²) in [6.45, 7) is 6.16. The van der Waals surface area contributed by atoms with Crippen molar-refractivity contribution in [2.45, 2.75) is 26.0 Å². The molecule has 1 aromatic carbocycles. The van der Waals surface area contributed by atoms with Crippen molar-refractivity contribution in [1.82, 2.24) is 24.0 Å². The molecule has 0 aliphatic carbocycles. The number of fused-ring (bicyclic) bond motifs is 1. The molecule has 35 heavy (non-hydrogen) atoms. The molecule has 0 unspecified atom stereocenters. The molecule has 0 spiro atoms. The number of nitrogens with one attached hydrogen (secondary N) is 1. The zero-order valence-corrected chi connectivity index (χ0v) is 24.2. The number of benzene rings is 1. The van der Waals surface area contributed by atoms with Crippen LogP contribution in [0.2, 0.25) is 0 Å². The fourth-order valence-corrected chi connectivity index (χ4v) is 6.72. The molecule has 190 valence electrons. The van der Waals surface area contributed by atoms with E-state index in [9.17, 15) is 14.7 Å². The highest BCUT2D eigenvalue weighted by Crippen LogP contribution is 2.36. The normalized spacial score (nSPS) is 15.7. The number of aliphatic hydroxyl groups is 1. The molecule has 1 aliphatic heterocycles. The third-order valence-electron chi connectivity index (χ3n) is 5.94. The van der Waals surface area contributed by atoms with Gasteiger partial charge in [-0.3, -0.25) is 19.2 Å². The van der Waals surface area contributed by atoms with E-state index in [4.69, 9.17) is 4.74 Å². The fraction of sp³-hybridized carbons (Fsp3) is 0.500. The molecule has 3 aromatic rings. The lowest BCUT2D eigenvalue weighted by molar-refractivity contribution is 0.0656. The first-order valence-corrected chi connectivity index (χ1v) is 13.7. The highest BCUT2D eigenvalue weighted by Gasteiger charge is 2.25. The Hall–Kier alpha value is -1.67. The van der Waals surface area contributed by atoms with E-state index in [0.29, 0.717) is 49.0 Å². The van der Waals surface area contributed by atoms with Crippen LogP contribution in [0.1, 0.15) is 13.3 Å². The number of β-amino-alcohol motifs (C(OH)–C–C–N with tert-alkyl or cyclic N) is 1. The number of rotatable bonds is 8. The lowest BCUT2D eigenvalue weighted by atomic mass is 10.2. The smallest absolute Gasteiger partial charge is 0.329 e. The Labute approximate surface area is 227 Å². The summed E-state index contributed by atoms with van der Waals surface area (Å²) < 4.78 is 11.6. The van der Waals surface area contributed by atoms with Crippen LogP contribution in [0.25, 0.3) is 11.2 Å². The maximum atomic E-state index is 12.5. The van der Waals surface area contributed by atoms with Gasteiger partial charge < -0.3 is 19.3 Å². The zero-order chi connectivity index (χ0) is 25.3. The number of piperazine rings is 1. The predicted octanol–water partition coefficient (Wildman–Crippen LogP) is 2.68. The van der Waals surface area contributed by atoms with Crippen molar-refractivity contribution in [3.8, 4) is 5.75 Å². The SMILES string of the molecule is CCCn1c(N2CCN(C[C@H](O)COc3c(Br)cc(Br)cc3Br)CC2)nc2c1c(=O)[nH]c(=O)n2C. The summed E-state index contributed by atoms with van der Waals surface area (Å²) in [6, 6.07) is 3.78. The zero-order valence-electron chi connectivity index (χ0n) is 19.4. The number of ether oxygens (including phenoxy) is 1. The van der Waals surface area contributed by atoms with Crippen LogP contribution >= 0.6 is 47.8 Å². The van der Waals surface area contributed by atoms with Crippen molar-refractivity contribution in [3.05, 3.63) is 46.4 Å². The lowest BCUT2D eigenvalue weighted by Crippen LogP contribution is -2.50. The highest BCUT2D eigenvalue weighted by atomic mass is 79.9. The Morgan fingerprint density at radius 1 is 1.14 bits per heavy atom. The number of aromatic amines is 1. The number of imidazole rings is 1. The molecule has 1 aliphatic rings. The van der Waals surface area contributed by atoms with Gasteiger partial charge in [-0.05, 0) is 50.4 Å². The Morgan fingerprint density at radius 3 is 2.43 bits per heavy atom. The van der Waals surface area contributed by atoms with Crippen molar-refractivity contribution in [2.24, 2.45) is 7.05 Å². The molecule has 1 atom stereocenters. The predicted molar refractivity (Wildman–Crippen MR) is 146 cm³/mol. The second kappa shape index (κ2) is 11.2. The first-order chi connectivity index (χ1) is 16.7. The third-order valence-corrected chi connectivity index (χ3v) is 7.58. The molecule has 10 nitrogen and oxygen atoms in total. The number of aromatic nitrogens is 4. The van der Waals surface area contributed by atoms with Gasteiger partial charge in [0.2, 0.25) is 5.95 Å². The van der Waals surface area contributed by atoms with E-state index in [1.54, 1.807) is 7.05 Å². The van der Waals surface area contributed by atoms with E-state index in [0.717, 1.165) is 32.9 Å². The maximum absolute atomic E-state index is 12.5. The standard InChI is InChI=1S/C22H27Br3N6O4/c1-3-4-31-17-19(28(2)22(34)27-20(17)33)26-21(31)30-7-5-29(6-8-30)11-14(32)12-35-18-15(24)9-13(23)10-16(18)25/h9-10,14,32H,3-8,11-12H2,1-2H3,(H,27,33,34)/t14-/m0/s1. The first kappa shape index (κ1) is 26.4. The molecule has 0 bridgehead atoms. The third kappa shape index (κ3) is 5.68. The molecule has 1 saturated heterocycles. The number of aryl methyl sites for hydroxylation is 2. The van der Waals surface area contributed by atoms with Crippen LogP contribution in [0.15, 0.2) is 35.1 Å². The minimum Gasteiger partial charge on any atom is -0.488 e. The van der Waals surface area contributed by atoms with Gasteiger partial charge in [0.05, 0.1) is 8.95 Å². The molecule has 13 heteroatoms. The van der Waals surface area contributed by atoms with Crippen LogP contribution in [0.4, 0.5) is 5.95 Å². The van der Waals surface area contributed by atoms with Crippen LogP contribution in [0.5, 0.6) is 5.75 Å². The van der Waals surface area contributed by atoms with Crippen molar-refractivity contribution in [3.63, 3.8) is 0 Å². The topological polar surface area (TPSA) is 109 Å². The van der Waals surface area contributed by atoms with Gasteiger partial charge in [0.1, 0.15) is 18.5 Å². The van der Waals surface area contributed by atoms with Gasteiger partial charge in [-0.1, -0.05) is 22.9 Å². The average Bonchev–Trinajstić information content (AvgIpc) is 3.17. The fourth-order valence-electron chi connectivity index (χ4n) is 4.23. The number of nitrogens with zero attached hydrogens (tertiary/aromatic N) is 5. The molecule has 0 radical (unpaired) electrons. The minimum absolute atomic E-state index is 0.169. The van der Waals surface area contributed by atoms with E-state index in [1.807, 2.05) is 23.6 Å². The van der Waals surface area contributed by atoms with E-state index in [-0.39, 0.29) is 6.61 Å². The van der Waals surface area contributed by atoms with Crippen molar-refractivity contribution in [2.75, 3.05) is 44.2 Å². The molecule has 3 heterocycles. The molecule has 0 amide bonds. The summed E-state index contributed by atoms with van der Waals surface area (Å²) in [6.07, 6.45) is 0.180. The van der Waals surface area contributed by atoms with Gasteiger partial charge in [-0.2, -0.15) is 4.98 Å². The van der Waals surface area contributed by atoms with Gasteiger partial charge >= 0.3 is 5.69 Å². The second-order valence-corrected chi connectivity index (χ2v) is 11.1. The number of hydrogen-bond acceptors (Lipinski definition) is 7. The summed E-state index contributed by atoms with van der Waals surface area (Å²) in [5.41, 5.74) is -0.0776. The van der Waals surface area contributed by atoms with E-state index < -0.39 is 17.4 Å². The molecular formula is C22H27Br3N6O4. The summed E-state index contributed by atoms with van der Waals surface area (Å²) in [5, 5.41) is 10.6. The van der Waals surface area contributed by atoms with E-state index in [1.165, 1.54) is 4.57 Å². The van der Waals surface area contributed by atoms with Gasteiger partial charge in [0, 0.05) is 50.8 Å². The number of aliphatic hydroxyl groups excluding tert-OH is 1. The Bertz CT molecular complexity index is 1310. The van der Waals surface area contributed by atoms with Gasteiger partial charge in [0.15, 0.2) is 11.2 Å². The summed E-state index contributed by atoms with van der Waals surface area (Å²) in [4.78, 5) is 36.0. The van der Waals surface area contributed by atoms with Crippen LogP contribution < -0.4 is 20.9 Å².